The van der Waals surface area contributed by atoms with Crippen molar-refractivity contribution in [2.75, 3.05) is 12.4 Å². The molecule has 7 heteroatoms. The lowest BCUT2D eigenvalue weighted by Crippen LogP contribution is -2.09. The van der Waals surface area contributed by atoms with Gasteiger partial charge >= 0.3 is 0 Å². The number of hydrogen-bond donors (Lipinski definition) is 2. The van der Waals surface area contributed by atoms with Crippen LogP contribution in [0.4, 0.5) is 5.69 Å². The number of pyridine rings is 1. The fraction of sp³-hybridized carbons (Fsp3) is 0.296. The first-order valence-electron chi connectivity index (χ1n) is 11.4. The van der Waals surface area contributed by atoms with Crippen molar-refractivity contribution in [3.05, 3.63) is 59.7 Å². The molecule has 4 aromatic rings. The van der Waals surface area contributed by atoms with E-state index in [0.29, 0.717) is 11.4 Å². The number of nitrogens with one attached hydrogen (secondary N) is 2. The fourth-order valence-electron chi connectivity index (χ4n) is 4.18. The van der Waals surface area contributed by atoms with Gasteiger partial charge in [-0.15, -0.1) is 0 Å². The summed E-state index contributed by atoms with van der Waals surface area (Å²) in [5.41, 5.74) is 9.59. The number of rotatable bonds is 5. The van der Waals surface area contributed by atoms with Crippen LogP contribution in [-0.2, 0) is 11.8 Å². The molecule has 0 aliphatic carbocycles. The third kappa shape index (κ3) is 4.21. The highest BCUT2D eigenvalue weighted by Gasteiger charge is 2.20. The second-order valence-corrected chi connectivity index (χ2v) is 7.96. The van der Waals surface area contributed by atoms with Crippen LogP contribution in [0.15, 0.2) is 37.2 Å². The zero-order valence-electron chi connectivity index (χ0n) is 21.3. The molecule has 1 amide bonds. The minimum Gasteiger partial charge on any atom is -0.496 e. The summed E-state index contributed by atoms with van der Waals surface area (Å²) in [5, 5.41) is 8.33. The summed E-state index contributed by atoms with van der Waals surface area (Å²) >= 11 is 0. The number of carbonyl (C=O) groups is 1. The molecule has 1 aromatic carbocycles. The number of carbonyl (C=O) groups excluding carboxylic acids is 1. The van der Waals surface area contributed by atoms with Gasteiger partial charge in [-0.3, -0.25) is 9.48 Å². The van der Waals surface area contributed by atoms with Gasteiger partial charge in [-0.1, -0.05) is 20.4 Å². The van der Waals surface area contributed by atoms with Gasteiger partial charge in [0, 0.05) is 58.0 Å². The molecular formula is C27H33N5O2. The maximum atomic E-state index is 12.0. The van der Waals surface area contributed by atoms with Crippen molar-refractivity contribution in [3.8, 4) is 28.0 Å². The normalized spacial score (nSPS) is 10.6. The van der Waals surface area contributed by atoms with E-state index in [1.165, 1.54) is 6.08 Å². The van der Waals surface area contributed by atoms with Crippen molar-refractivity contribution in [2.24, 2.45) is 7.05 Å². The van der Waals surface area contributed by atoms with Crippen molar-refractivity contribution in [1.82, 2.24) is 19.7 Å². The molecule has 0 aliphatic heterocycles. The first-order valence-corrected chi connectivity index (χ1v) is 11.4. The predicted octanol–water partition coefficient (Wildman–Crippen LogP) is 6.02. The molecule has 7 nitrogen and oxygen atoms in total. The monoisotopic (exact) mass is 459 g/mol. The Balaban J connectivity index is 0.00000158. The lowest BCUT2D eigenvalue weighted by atomic mass is 9.94. The molecule has 0 radical (unpaired) electrons. The topological polar surface area (TPSA) is 84.8 Å². The number of ether oxygens (including phenoxy) is 1. The van der Waals surface area contributed by atoms with Gasteiger partial charge in [0.15, 0.2) is 0 Å². The van der Waals surface area contributed by atoms with Crippen LogP contribution in [0, 0.1) is 27.7 Å². The summed E-state index contributed by atoms with van der Waals surface area (Å²) in [7, 11) is 3.56. The van der Waals surface area contributed by atoms with Crippen molar-refractivity contribution >= 4 is 22.6 Å². The molecule has 3 heterocycles. The van der Waals surface area contributed by atoms with Crippen LogP contribution in [0.5, 0.6) is 5.75 Å². The van der Waals surface area contributed by atoms with Gasteiger partial charge in [0.05, 0.1) is 13.3 Å². The molecule has 0 unspecified atom stereocenters. The number of methoxy groups -OCH3 is 1. The molecule has 0 saturated heterocycles. The fourth-order valence-corrected chi connectivity index (χ4v) is 4.18. The van der Waals surface area contributed by atoms with E-state index in [2.05, 4.69) is 35.8 Å². The number of H-pyrrole nitrogens is 1. The van der Waals surface area contributed by atoms with Gasteiger partial charge < -0.3 is 15.0 Å². The highest BCUT2D eigenvalue weighted by Crippen LogP contribution is 2.41. The van der Waals surface area contributed by atoms with E-state index in [4.69, 9.17) is 9.72 Å². The Morgan fingerprint density at radius 3 is 2.41 bits per heavy atom. The molecule has 0 saturated carbocycles. The van der Waals surface area contributed by atoms with Crippen molar-refractivity contribution in [3.63, 3.8) is 0 Å². The minimum absolute atomic E-state index is 0.268. The summed E-state index contributed by atoms with van der Waals surface area (Å²) in [6, 6.07) is 3.96. The summed E-state index contributed by atoms with van der Waals surface area (Å²) in [6.07, 6.45) is 5.03. The molecule has 2 N–H and O–H groups in total. The van der Waals surface area contributed by atoms with E-state index >= 15 is 0 Å². The van der Waals surface area contributed by atoms with Gasteiger partial charge in [0.1, 0.15) is 11.4 Å². The molecule has 4 rings (SSSR count). The number of benzene rings is 1. The highest BCUT2D eigenvalue weighted by atomic mass is 16.5. The number of amides is 1. The SMILES string of the molecule is C=CC(=O)Nc1cc(-c2c(C)[nH]c3ncc(-c4cnn(C)c4C)c(C)c23)cc(OC)c1C.CC. The Morgan fingerprint density at radius 2 is 1.82 bits per heavy atom. The van der Waals surface area contributed by atoms with Crippen LogP contribution in [-0.4, -0.2) is 32.8 Å². The van der Waals surface area contributed by atoms with Gasteiger partial charge in [0.2, 0.25) is 5.91 Å². The maximum absolute atomic E-state index is 12.0. The van der Waals surface area contributed by atoms with E-state index < -0.39 is 0 Å². The predicted molar refractivity (Wildman–Crippen MR) is 139 cm³/mol. The summed E-state index contributed by atoms with van der Waals surface area (Å²) in [4.78, 5) is 20.1. The third-order valence-electron chi connectivity index (χ3n) is 6.11. The molecule has 0 spiro atoms. The summed E-state index contributed by atoms with van der Waals surface area (Å²) in [5.74, 6) is 0.427. The van der Waals surface area contributed by atoms with E-state index in [1.54, 1.807) is 7.11 Å². The summed E-state index contributed by atoms with van der Waals surface area (Å²) in [6.45, 7) is 15.7. The molecular weight excluding hydrogens is 426 g/mol. The smallest absolute Gasteiger partial charge is 0.247 e. The Bertz CT molecular complexity index is 1380. The first-order chi connectivity index (χ1) is 16.3. The van der Waals surface area contributed by atoms with Gasteiger partial charge in [-0.25, -0.2) is 4.98 Å². The molecule has 3 aromatic heterocycles. The first kappa shape index (κ1) is 24.8. The van der Waals surface area contributed by atoms with Crippen molar-refractivity contribution in [2.45, 2.75) is 41.5 Å². The zero-order valence-corrected chi connectivity index (χ0v) is 21.3. The van der Waals surface area contributed by atoms with Crippen molar-refractivity contribution < 1.29 is 9.53 Å². The third-order valence-corrected chi connectivity index (χ3v) is 6.11. The van der Waals surface area contributed by atoms with Crippen LogP contribution in [0.2, 0.25) is 0 Å². The Morgan fingerprint density at radius 1 is 1.12 bits per heavy atom. The number of fused-ring (bicyclic) bond motifs is 1. The molecule has 0 fully saturated rings. The van der Waals surface area contributed by atoms with Crippen LogP contribution in [0.1, 0.15) is 36.4 Å². The number of aryl methyl sites for hydroxylation is 3. The van der Waals surface area contributed by atoms with E-state index in [1.807, 2.05) is 64.0 Å². The molecule has 0 aliphatic rings. The van der Waals surface area contributed by atoms with E-state index in [9.17, 15) is 4.79 Å². The van der Waals surface area contributed by atoms with Crippen LogP contribution < -0.4 is 10.1 Å². The Kier molecular flexibility index (Phi) is 7.25. The molecule has 34 heavy (non-hydrogen) atoms. The Labute approximate surface area is 200 Å². The second kappa shape index (κ2) is 9.95. The average Bonchev–Trinajstić information content (AvgIpc) is 3.35. The molecule has 178 valence electrons. The standard InChI is InChI=1S/C25H27N5O2.C2H6/c1-8-22(31)29-20-9-17(10-21(32-7)14(20)3)24-15(4)28-25-23(24)13(2)18(11-26-25)19-12-27-30(6)16(19)5;1-2/h8-12H,1H2,2-7H3,(H,26,28)(H,29,31);1-2H3. The van der Waals surface area contributed by atoms with Gasteiger partial charge in [0.25, 0.3) is 0 Å². The molecule has 0 bridgehead atoms. The number of anilines is 1. The quantitative estimate of drug-likeness (QED) is 0.357. The molecule has 0 atom stereocenters. The Hall–Kier alpha value is -3.87. The van der Waals surface area contributed by atoms with Crippen LogP contribution >= 0.6 is 0 Å². The minimum atomic E-state index is -0.268. The van der Waals surface area contributed by atoms with Crippen LogP contribution in [0.25, 0.3) is 33.3 Å². The van der Waals surface area contributed by atoms with Crippen LogP contribution in [0.3, 0.4) is 0 Å². The van der Waals surface area contributed by atoms with E-state index in [0.717, 1.165) is 55.8 Å². The average molecular weight is 460 g/mol. The largest absolute Gasteiger partial charge is 0.496 e. The van der Waals surface area contributed by atoms with Gasteiger partial charge in [-0.2, -0.15) is 5.10 Å². The number of aromatic nitrogens is 4. The lowest BCUT2D eigenvalue weighted by molar-refractivity contribution is -0.111. The zero-order chi connectivity index (χ0) is 25.2. The van der Waals surface area contributed by atoms with Crippen molar-refractivity contribution in [1.29, 1.82) is 0 Å². The number of nitrogens with zero attached hydrogens (tertiary/aromatic N) is 3. The second-order valence-electron chi connectivity index (χ2n) is 7.96. The van der Waals surface area contributed by atoms with Gasteiger partial charge in [-0.05, 0) is 57.0 Å². The summed E-state index contributed by atoms with van der Waals surface area (Å²) < 4.78 is 7.48. The van der Waals surface area contributed by atoms with E-state index in [-0.39, 0.29) is 5.91 Å². The number of aromatic amines is 1. The lowest BCUT2D eigenvalue weighted by Gasteiger charge is -2.15. The highest BCUT2D eigenvalue weighted by molar-refractivity contribution is 6.03. The maximum Gasteiger partial charge on any atom is 0.247 e. The number of hydrogen-bond acceptors (Lipinski definition) is 4.